The number of hydrogen-bond donors (Lipinski definition) is 1. The van der Waals surface area contributed by atoms with Gasteiger partial charge in [-0.15, -0.1) is 0 Å². The van der Waals surface area contributed by atoms with E-state index >= 15 is 0 Å². The minimum atomic E-state index is -0.241. The molecule has 0 aliphatic carbocycles. The SMILES string of the molecule is CNC(=O)CC1=CSC2=C(C(=O)OC(C)C)CCN12. The summed E-state index contributed by atoms with van der Waals surface area (Å²) in [6.45, 7) is 4.42. The maximum Gasteiger partial charge on any atom is 0.337 e. The minimum Gasteiger partial charge on any atom is -0.460 e. The number of amides is 1. The average molecular weight is 282 g/mol. The largest absolute Gasteiger partial charge is 0.460 e. The van der Waals surface area contributed by atoms with E-state index in [1.165, 1.54) is 11.8 Å². The number of carbonyl (C=O) groups excluding carboxylic acids is 2. The van der Waals surface area contributed by atoms with Crippen LogP contribution in [-0.2, 0) is 14.3 Å². The molecular weight excluding hydrogens is 264 g/mol. The third-order valence-corrected chi connectivity index (χ3v) is 4.03. The Labute approximate surface area is 117 Å². The van der Waals surface area contributed by atoms with Crippen molar-refractivity contribution in [1.29, 1.82) is 0 Å². The predicted octanol–water partition coefficient (Wildman–Crippen LogP) is 1.58. The second-order valence-corrected chi connectivity index (χ2v) is 5.57. The van der Waals surface area contributed by atoms with Crippen LogP contribution in [0.2, 0.25) is 0 Å². The molecule has 1 N–H and O–H groups in total. The first kappa shape index (κ1) is 14.0. The minimum absolute atomic E-state index is 0.0219. The molecule has 0 bridgehead atoms. The highest BCUT2D eigenvalue weighted by Crippen LogP contribution is 2.43. The van der Waals surface area contributed by atoms with Crippen molar-refractivity contribution in [2.24, 2.45) is 0 Å². The number of rotatable bonds is 4. The zero-order valence-electron chi connectivity index (χ0n) is 11.4. The van der Waals surface area contributed by atoms with Crippen molar-refractivity contribution in [2.45, 2.75) is 32.8 Å². The van der Waals surface area contributed by atoms with Gasteiger partial charge in [0.05, 0.1) is 23.1 Å². The van der Waals surface area contributed by atoms with Gasteiger partial charge in [0, 0.05) is 25.7 Å². The zero-order chi connectivity index (χ0) is 14.0. The van der Waals surface area contributed by atoms with Crippen molar-refractivity contribution < 1.29 is 14.3 Å². The number of nitrogens with zero attached hydrogens (tertiary/aromatic N) is 1. The van der Waals surface area contributed by atoms with Gasteiger partial charge in [0.25, 0.3) is 0 Å². The van der Waals surface area contributed by atoms with Crippen molar-refractivity contribution in [1.82, 2.24) is 10.2 Å². The molecule has 0 atom stereocenters. The Kier molecular flexibility index (Phi) is 4.19. The maximum atomic E-state index is 12.0. The average Bonchev–Trinajstić information content (AvgIpc) is 2.90. The lowest BCUT2D eigenvalue weighted by Crippen LogP contribution is -2.23. The van der Waals surface area contributed by atoms with Crippen LogP contribution in [0.3, 0.4) is 0 Å². The van der Waals surface area contributed by atoms with Gasteiger partial charge in [-0.05, 0) is 19.3 Å². The van der Waals surface area contributed by atoms with Crippen LogP contribution >= 0.6 is 11.8 Å². The Hall–Kier alpha value is -1.43. The quantitative estimate of drug-likeness (QED) is 0.793. The van der Waals surface area contributed by atoms with Crippen molar-refractivity contribution in [3.05, 3.63) is 21.7 Å². The van der Waals surface area contributed by atoms with Crippen molar-refractivity contribution in [3.8, 4) is 0 Å². The van der Waals surface area contributed by atoms with Crippen molar-refractivity contribution in [2.75, 3.05) is 13.6 Å². The van der Waals surface area contributed by atoms with Crippen LogP contribution in [0, 0.1) is 0 Å². The summed E-state index contributed by atoms with van der Waals surface area (Å²) in [7, 11) is 1.62. The van der Waals surface area contributed by atoms with E-state index in [4.69, 9.17) is 4.74 Å². The molecule has 0 aromatic carbocycles. The molecule has 0 aromatic heterocycles. The normalized spacial score (nSPS) is 17.7. The van der Waals surface area contributed by atoms with Gasteiger partial charge in [-0.3, -0.25) is 4.79 Å². The van der Waals surface area contributed by atoms with E-state index in [2.05, 4.69) is 5.32 Å². The Morgan fingerprint density at radius 2 is 2.26 bits per heavy atom. The fourth-order valence-corrected chi connectivity index (χ4v) is 3.18. The van der Waals surface area contributed by atoms with Gasteiger partial charge in [0.1, 0.15) is 0 Å². The third kappa shape index (κ3) is 2.94. The summed E-state index contributed by atoms with van der Waals surface area (Å²) in [5, 5.41) is 5.47. The summed E-state index contributed by atoms with van der Waals surface area (Å²) in [5.41, 5.74) is 1.67. The molecule has 104 valence electrons. The molecule has 2 aliphatic heterocycles. The first-order valence-corrected chi connectivity index (χ1v) is 7.19. The van der Waals surface area contributed by atoms with Crippen LogP contribution < -0.4 is 5.32 Å². The summed E-state index contributed by atoms with van der Waals surface area (Å²) in [6, 6.07) is 0. The molecule has 0 saturated carbocycles. The number of fused-ring (bicyclic) bond motifs is 1. The molecule has 0 radical (unpaired) electrons. The number of thioether (sulfide) groups is 1. The van der Waals surface area contributed by atoms with Crippen LogP contribution in [0.15, 0.2) is 21.7 Å². The molecule has 0 spiro atoms. The molecule has 0 fully saturated rings. The summed E-state index contributed by atoms with van der Waals surface area (Å²) >= 11 is 1.50. The molecule has 1 amide bonds. The third-order valence-electron chi connectivity index (χ3n) is 2.95. The molecule has 2 rings (SSSR count). The number of hydrogen-bond acceptors (Lipinski definition) is 5. The molecular formula is C13H18N2O3S. The number of ether oxygens (including phenoxy) is 1. The highest BCUT2D eigenvalue weighted by molar-refractivity contribution is 8.06. The smallest absolute Gasteiger partial charge is 0.337 e. The first-order chi connectivity index (χ1) is 9.02. The van der Waals surface area contributed by atoms with Crippen LogP contribution in [0.1, 0.15) is 26.7 Å². The van der Waals surface area contributed by atoms with Gasteiger partial charge >= 0.3 is 5.97 Å². The van der Waals surface area contributed by atoms with Gasteiger partial charge in [-0.2, -0.15) is 0 Å². The Morgan fingerprint density at radius 3 is 2.89 bits per heavy atom. The van der Waals surface area contributed by atoms with Crippen molar-refractivity contribution in [3.63, 3.8) is 0 Å². The van der Waals surface area contributed by atoms with E-state index in [1.54, 1.807) is 7.05 Å². The second-order valence-electron chi connectivity index (χ2n) is 4.72. The number of nitrogens with one attached hydrogen (secondary N) is 1. The molecule has 5 nitrogen and oxygen atoms in total. The van der Waals surface area contributed by atoms with Crippen LogP contribution in [0.25, 0.3) is 0 Å². The van der Waals surface area contributed by atoms with Gasteiger partial charge in [-0.25, -0.2) is 4.79 Å². The van der Waals surface area contributed by atoms with E-state index in [0.717, 1.165) is 22.8 Å². The highest BCUT2D eigenvalue weighted by Gasteiger charge is 2.34. The van der Waals surface area contributed by atoms with E-state index in [1.807, 2.05) is 24.2 Å². The molecule has 0 aromatic rings. The van der Waals surface area contributed by atoms with E-state index in [9.17, 15) is 9.59 Å². The summed E-state index contributed by atoms with van der Waals surface area (Å²) in [5.74, 6) is -0.263. The molecule has 2 heterocycles. The standard InChI is InChI=1S/C13H18N2O3S/c1-8(2)18-13(17)10-4-5-15-9(6-11(16)14-3)7-19-12(10)15/h7-8H,4-6H2,1-3H3,(H,14,16). The van der Waals surface area contributed by atoms with E-state index in [0.29, 0.717) is 12.8 Å². The second kappa shape index (κ2) is 5.69. The lowest BCUT2D eigenvalue weighted by atomic mass is 10.2. The molecule has 0 saturated heterocycles. The van der Waals surface area contributed by atoms with E-state index < -0.39 is 0 Å². The lowest BCUT2D eigenvalue weighted by molar-refractivity contribution is -0.142. The zero-order valence-corrected chi connectivity index (χ0v) is 12.2. The number of carbonyl (C=O) groups is 2. The molecule has 2 aliphatic rings. The Bertz CT molecular complexity index is 469. The van der Waals surface area contributed by atoms with Crippen LogP contribution in [0.4, 0.5) is 0 Å². The van der Waals surface area contributed by atoms with Crippen molar-refractivity contribution >= 4 is 23.6 Å². The summed E-state index contributed by atoms with van der Waals surface area (Å²) < 4.78 is 5.24. The van der Waals surface area contributed by atoms with E-state index in [-0.39, 0.29) is 18.0 Å². The number of esters is 1. The fraction of sp³-hybridized carbons (Fsp3) is 0.538. The van der Waals surface area contributed by atoms with Gasteiger partial charge in [-0.1, -0.05) is 11.8 Å². The fourth-order valence-electron chi connectivity index (χ4n) is 2.06. The molecule has 19 heavy (non-hydrogen) atoms. The van der Waals surface area contributed by atoms with Gasteiger partial charge in [0.2, 0.25) is 5.91 Å². The van der Waals surface area contributed by atoms with Crippen LogP contribution in [-0.4, -0.2) is 36.5 Å². The Morgan fingerprint density at radius 1 is 1.53 bits per heavy atom. The lowest BCUT2D eigenvalue weighted by Gasteiger charge is -2.17. The summed E-state index contributed by atoms with van der Waals surface area (Å²) in [6.07, 6.45) is 0.915. The predicted molar refractivity (Wildman–Crippen MR) is 73.9 cm³/mol. The van der Waals surface area contributed by atoms with Gasteiger partial charge < -0.3 is 15.0 Å². The first-order valence-electron chi connectivity index (χ1n) is 6.31. The van der Waals surface area contributed by atoms with Gasteiger partial charge in [0.15, 0.2) is 0 Å². The molecule has 0 unspecified atom stereocenters. The Balaban J connectivity index is 2.08. The maximum absolute atomic E-state index is 12.0. The monoisotopic (exact) mass is 282 g/mol. The highest BCUT2D eigenvalue weighted by atomic mass is 32.2. The topological polar surface area (TPSA) is 58.6 Å². The summed E-state index contributed by atoms with van der Waals surface area (Å²) in [4.78, 5) is 25.4. The molecule has 6 heteroatoms. The van der Waals surface area contributed by atoms with Crippen LogP contribution in [0.5, 0.6) is 0 Å².